The third-order valence-electron chi connectivity index (χ3n) is 4.23. The molecule has 1 N–H and O–H groups in total. The molecule has 0 aromatic heterocycles. The number of piperidine rings is 1. The molecule has 1 amide bonds. The van der Waals surface area contributed by atoms with Gasteiger partial charge in [0.05, 0.1) is 0 Å². The molecule has 1 aromatic rings. The second-order valence-electron chi connectivity index (χ2n) is 5.98. The van der Waals surface area contributed by atoms with Crippen LogP contribution in [0.15, 0.2) is 18.2 Å². The first-order chi connectivity index (χ1) is 8.93. The standard InChI is InChI=1S/C16H24N2O/c1-12-9-13(2)11-14(10-12)15(19)18-7-5-16(3,17-4)6-8-18/h9-11,17H,5-8H2,1-4H3. The summed E-state index contributed by atoms with van der Waals surface area (Å²) in [5.41, 5.74) is 3.31. The van der Waals surface area contributed by atoms with E-state index in [1.165, 1.54) is 0 Å². The van der Waals surface area contributed by atoms with Crippen molar-refractivity contribution in [3.63, 3.8) is 0 Å². The molecule has 0 bridgehead atoms. The first kappa shape index (κ1) is 14.1. The number of carbonyl (C=O) groups excluding carboxylic acids is 1. The fourth-order valence-electron chi connectivity index (χ4n) is 2.73. The van der Waals surface area contributed by atoms with Crippen molar-refractivity contribution in [2.75, 3.05) is 20.1 Å². The van der Waals surface area contributed by atoms with E-state index in [-0.39, 0.29) is 11.4 Å². The minimum absolute atomic E-state index is 0.171. The van der Waals surface area contributed by atoms with Crippen LogP contribution in [-0.4, -0.2) is 36.5 Å². The first-order valence-corrected chi connectivity index (χ1v) is 7.00. The molecule has 1 saturated heterocycles. The van der Waals surface area contributed by atoms with Crippen LogP contribution in [0, 0.1) is 13.8 Å². The molecule has 0 saturated carbocycles. The zero-order valence-electron chi connectivity index (χ0n) is 12.4. The zero-order valence-corrected chi connectivity index (χ0v) is 12.4. The summed E-state index contributed by atoms with van der Waals surface area (Å²) in [7, 11) is 2.00. The van der Waals surface area contributed by atoms with Crippen LogP contribution in [0.3, 0.4) is 0 Å². The molecule has 0 atom stereocenters. The van der Waals surface area contributed by atoms with E-state index in [4.69, 9.17) is 0 Å². The van der Waals surface area contributed by atoms with Crippen LogP contribution in [0.4, 0.5) is 0 Å². The predicted octanol–water partition coefficient (Wildman–Crippen LogP) is 2.52. The Kier molecular flexibility index (Phi) is 3.95. The molecule has 1 aromatic carbocycles. The molecule has 3 nitrogen and oxygen atoms in total. The third kappa shape index (κ3) is 3.16. The predicted molar refractivity (Wildman–Crippen MR) is 78.5 cm³/mol. The lowest BCUT2D eigenvalue weighted by Crippen LogP contribution is -2.51. The topological polar surface area (TPSA) is 32.3 Å². The Balaban J connectivity index is 2.09. The first-order valence-electron chi connectivity index (χ1n) is 7.00. The van der Waals surface area contributed by atoms with Crippen LogP contribution >= 0.6 is 0 Å². The highest BCUT2D eigenvalue weighted by Gasteiger charge is 2.30. The summed E-state index contributed by atoms with van der Waals surface area (Å²) in [6, 6.07) is 6.08. The van der Waals surface area contributed by atoms with E-state index in [1.54, 1.807) is 0 Å². The Labute approximate surface area is 116 Å². The van der Waals surface area contributed by atoms with Crippen LogP contribution in [0.25, 0.3) is 0 Å². The molecule has 0 spiro atoms. The molecule has 1 heterocycles. The lowest BCUT2D eigenvalue weighted by Gasteiger charge is -2.39. The van der Waals surface area contributed by atoms with Gasteiger partial charge in [0.2, 0.25) is 0 Å². The van der Waals surface area contributed by atoms with Gasteiger partial charge in [-0.2, -0.15) is 0 Å². The van der Waals surface area contributed by atoms with Crippen molar-refractivity contribution in [2.24, 2.45) is 0 Å². The molecular weight excluding hydrogens is 236 g/mol. The van der Waals surface area contributed by atoms with Crippen LogP contribution in [-0.2, 0) is 0 Å². The number of aryl methyl sites for hydroxylation is 2. The van der Waals surface area contributed by atoms with E-state index >= 15 is 0 Å². The second kappa shape index (κ2) is 5.33. The number of benzene rings is 1. The lowest BCUT2D eigenvalue weighted by atomic mass is 9.89. The maximum atomic E-state index is 12.5. The average molecular weight is 260 g/mol. The van der Waals surface area contributed by atoms with Gasteiger partial charge in [-0.25, -0.2) is 0 Å². The molecular formula is C16H24N2O. The number of nitrogens with one attached hydrogen (secondary N) is 1. The van der Waals surface area contributed by atoms with Crippen LogP contribution in [0.1, 0.15) is 41.3 Å². The largest absolute Gasteiger partial charge is 0.339 e. The van der Waals surface area contributed by atoms with Crippen molar-refractivity contribution >= 4 is 5.91 Å². The van der Waals surface area contributed by atoms with Crippen molar-refractivity contribution < 1.29 is 4.79 Å². The van der Waals surface area contributed by atoms with Gasteiger partial charge < -0.3 is 10.2 Å². The van der Waals surface area contributed by atoms with Crippen molar-refractivity contribution in [3.8, 4) is 0 Å². The Morgan fingerprint density at radius 2 is 1.68 bits per heavy atom. The summed E-state index contributed by atoms with van der Waals surface area (Å²) in [6.07, 6.45) is 2.03. The fourth-order valence-corrected chi connectivity index (χ4v) is 2.73. The summed E-state index contributed by atoms with van der Waals surface area (Å²) in [5, 5.41) is 3.36. The Morgan fingerprint density at radius 3 is 2.16 bits per heavy atom. The maximum absolute atomic E-state index is 12.5. The summed E-state index contributed by atoms with van der Waals surface area (Å²) >= 11 is 0. The van der Waals surface area contributed by atoms with E-state index < -0.39 is 0 Å². The van der Waals surface area contributed by atoms with Gasteiger partial charge in [-0.05, 0) is 52.8 Å². The number of hydrogen-bond acceptors (Lipinski definition) is 2. The van der Waals surface area contributed by atoms with Gasteiger partial charge in [-0.15, -0.1) is 0 Å². The second-order valence-corrected chi connectivity index (χ2v) is 5.98. The number of hydrogen-bond donors (Lipinski definition) is 1. The summed E-state index contributed by atoms with van der Waals surface area (Å²) < 4.78 is 0. The number of likely N-dealkylation sites (tertiary alicyclic amines) is 1. The SMILES string of the molecule is CNC1(C)CCN(C(=O)c2cc(C)cc(C)c2)CC1. The molecule has 3 heteroatoms. The molecule has 1 aliphatic rings. The molecule has 104 valence electrons. The molecule has 0 radical (unpaired) electrons. The van der Waals surface area contributed by atoms with E-state index in [9.17, 15) is 4.79 Å². The minimum atomic E-state index is 0.171. The number of carbonyl (C=O) groups is 1. The number of rotatable bonds is 2. The smallest absolute Gasteiger partial charge is 0.253 e. The van der Waals surface area contributed by atoms with Gasteiger partial charge in [0.15, 0.2) is 0 Å². The van der Waals surface area contributed by atoms with E-state index in [2.05, 4.69) is 18.3 Å². The molecule has 1 aliphatic heterocycles. The van der Waals surface area contributed by atoms with E-state index in [1.807, 2.05) is 37.9 Å². The molecule has 0 aliphatic carbocycles. The maximum Gasteiger partial charge on any atom is 0.253 e. The summed E-state index contributed by atoms with van der Waals surface area (Å²) in [5.74, 6) is 0.171. The van der Waals surface area contributed by atoms with Crippen molar-refractivity contribution in [1.82, 2.24) is 10.2 Å². The fraction of sp³-hybridized carbons (Fsp3) is 0.562. The monoisotopic (exact) mass is 260 g/mol. The lowest BCUT2D eigenvalue weighted by molar-refractivity contribution is 0.0661. The molecule has 1 fully saturated rings. The molecule has 19 heavy (non-hydrogen) atoms. The van der Waals surface area contributed by atoms with Gasteiger partial charge in [0.25, 0.3) is 5.91 Å². The Bertz CT molecular complexity index is 453. The van der Waals surface area contributed by atoms with Gasteiger partial charge in [-0.3, -0.25) is 4.79 Å². The van der Waals surface area contributed by atoms with Gasteiger partial charge in [0, 0.05) is 24.2 Å². The normalized spacial score (nSPS) is 18.4. The highest BCUT2D eigenvalue weighted by atomic mass is 16.2. The summed E-state index contributed by atoms with van der Waals surface area (Å²) in [6.45, 7) is 7.98. The number of nitrogens with zero attached hydrogens (tertiary/aromatic N) is 1. The van der Waals surface area contributed by atoms with Gasteiger partial charge in [0.1, 0.15) is 0 Å². The zero-order chi connectivity index (χ0) is 14.0. The average Bonchev–Trinajstić information content (AvgIpc) is 2.38. The minimum Gasteiger partial charge on any atom is -0.339 e. The highest BCUT2D eigenvalue weighted by Crippen LogP contribution is 2.22. The Hall–Kier alpha value is -1.35. The van der Waals surface area contributed by atoms with Crippen molar-refractivity contribution in [3.05, 3.63) is 34.9 Å². The Morgan fingerprint density at radius 1 is 1.16 bits per heavy atom. The van der Waals surface area contributed by atoms with Gasteiger partial charge in [-0.1, -0.05) is 17.2 Å². The van der Waals surface area contributed by atoms with E-state index in [0.29, 0.717) is 0 Å². The van der Waals surface area contributed by atoms with E-state index in [0.717, 1.165) is 42.6 Å². The van der Waals surface area contributed by atoms with Gasteiger partial charge >= 0.3 is 0 Å². The quantitative estimate of drug-likeness (QED) is 0.886. The summed E-state index contributed by atoms with van der Waals surface area (Å²) in [4.78, 5) is 14.5. The molecule has 2 rings (SSSR count). The number of amides is 1. The van der Waals surface area contributed by atoms with Crippen molar-refractivity contribution in [1.29, 1.82) is 0 Å². The molecule has 0 unspecified atom stereocenters. The third-order valence-corrected chi connectivity index (χ3v) is 4.23. The highest BCUT2D eigenvalue weighted by molar-refractivity contribution is 5.94. The van der Waals surface area contributed by atoms with Crippen LogP contribution < -0.4 is 5.32 Å². The van der Waals surface area contributed by atoms with Crippen molar-refractivity contribution in [2.45, 2.75) is 39.2 Å². The van der Waals surface area contributed by atoms with Crippen LogP contribution in [0.2, 0.25) is 0 Å². The van der Waals surface area contributed by atoms with Crippen LogP contribution in [0.5, 0.6) is 0 Å².